The molecule has 6 nitrogen and oxygen atoms in total. The monoisotopic (exact) mass is 270 g/mol. The molecule has 0 unspecified atom stereocenters. The van der Waals surface area contributed by atoms with Gasteiger partial charge in [0.2, 0.25) is 10.0 Å². The second-order valence-electron chi connectivity index (χ2n) is 3.49. The molecule has 2 N–H and O–H groups in total. The number of aromatic nitrogens is 1. The van der Waals surface area contributed by atoms with E-state index in [0.29, 0.717) is 0 Å². The van der Waals surface area contributed by atoms with E-state index < -0.39 is 29.1 Å². The minimum atomic E-state index is -4.12. The maximum atomic E-state index is 12.7. The summed E-state index contributed by atoms with van der Waals surface area (Å²) < 4.78 is 55.1. The number of aliphatic hydroxyl groups is 1. The Morgan fingerprint density at radius 3 is 2.47 bits per heavy atom. The van der Waals surface area contributed by atoms with Crippen LogP contribution < -0.4 is 4.72 Å². The summed E-state index contributed by atoms with van der Waals surface area (Å²) >= 11 is 0. The van der Waals surface area contributed by atoms with Crippen LogP contribution >= 0.6 is 0 Å². The van der Waals surface area contributed by atoms with Crippen molar-refractivity contribution in [2.75, 3.05) is 13.2 Å². The maximum Gasteiger partial charge on any atom is 0.283 e. The lowest BCUT2D eigenvalue weighted by Gasteiger charge is -2.13. The first-order chi connectivity index (χ1) is 7.69. The van der Waals surface area contributed by atoms with Crippen LogP contribution in [-0.4, -0.2) is 37.8 Å². The summed E-state index contributed by atoms with van der Waals surface area (Å²) in [5.74, 6) is -3.49. The lowest BCUT2D eigenvalue weighted by molar-refractivity contribution is -0.0437. The molecule has 98 valence electrons. The highest BCUT2D eigenvalue weighted by Crippen LogP contribution is 2.19. The van der Waals surface area contributed by atoms with Crippen LogP contribution in [0.25, 0.3) is 0 Å². The molecule has 17 heavy (non-hydrogen) atoms. The molecule has 0 aromatic carbocycles. The molecule has 1 rings (SSSR count). The van der Waals surface area contributed by atoms with Crippen LogP contribution in [0.1, 0.15) is 11.5 Å². The SMILES string of the molecule is Cc1noc(C)c1S(=O)(=O)NCC(F)(F)CO. The van der Waals surface area contributed by atoms with Crippen molar-refractivity contribution in [2.24, 2.45) is 0 Å². The fourth-order valence-electron chi connectivity index (χ4n) is 1.19. The van der Waals surface area contributed by atoms with Crippen LogP contribution in [0.2, 0.25) is 0 Å². The summed E-state index contributed by atoms with van der Waals surface area (Å²) in [6, 6.07) is 0. The molecule has 0 radical (unpaired) electrons. The van der Waals surface area contributed by atoms with Crippen molar-refractivity contribution in [3.63, 3.8) is 0 Å². The minimum absolute atomic E-state index is 0.0160. The lowest BCUT2D eigenvalue weighted by Crippen LogP contribution is -2.39. The molecule has 0 aliphatic carbocycles. The van der Waals surface area contributed by atoms with Gasteiger partial charge in [-0.25, -0.2) is 21.9 Å². The van der Waals surface area contributed by atoms with E-state index in [1.54, 1.807) is 4.72 Å². The Kier molecular flexibility index (Phi) is 3.84. The third-order valence-corrected chi connectivity index (χ3v) is 3.63. The van der Waals surface area contributed by atoms with Crippen molar-refractivity contribution in [3.8, 4) is 0 Å². The average Bonchev–Trinajstić information content (AvgIpc) is 2.57. The lowest BCUT2D eigenvalue weighted by atomic mass is 10.4. The highest BCUT2D eigenvalue weighted by Gasteiger charge is 2.32. The van der Waals surface area contributed by atoms with Crippen molar-refractivity contribution in [3.05, 3.63) is 11.5 Å². The van der Waals surface area contributed by atoms with Crippen molar-refractivity contribution in [2.45, 2.75) is 24.7 Å². The standard InChI is InChI=1S/C8H12F2N2O4S/c1-5-7(6(2)16-12-5)17(14,15)11-3-8(9,10)4-13/h11,13H,3-4H2,1-2H3. The number of alkyl halides is 2. The zero-order chi connectivity index (χ0) is 13.3. The Bertz CT molecular complexity index is 478. The molecular weight excluding hydrogens is 258 g/mol. The summed E-state index contributed by atoms with van der Waals surface area (Å²) in [5, 5.41) is 11.7. The molecule has 0 aliphatic rings. The van der Waals surface area contributed by atoms with Crippen LogP contribution in [0.3, 0.4) is 0 Å². The van der Waals surface area contributed by atoms with Gasteiger partial charge in [0.1, 0.15) is 17.2 Å². The first-order valence-corrected chi connectivity index (χ1v) is 6.09. The molecule has 1 aromatic heterocycles. The molecule has 0 fully saturated rings. The number of hydrogen-bond acceptors (Lipinski definition) is 5. The number of aliphatic hydroxyl groups excluding tert-OH is 1. The number of halogens is 2. The highest BCUT2D eigenvalue weighted by atomic mass is 32.2. The van der Waals surface area contributed by atoms with Gasteiger partial charge >= 0.3 is 0 Å². The van der Waals surface area contributed by atoms with Gasteiger partial charge in [-0.3, -0.25) is 0 Å². The van der Waals surface area contributed by atoms with Gasteiger partial charge < -0.3 is 9.63 Å². The van der Waals surface area contributed by atoms with E-state index >= 15 is 0 Å². The molecule has 0 saturated heterocycles. The fourth-order valence-corrected chi connectivity index (χ4v) is 2.57. The number of aryl methyl sites for hydroxylation is 2. The number of nitrogens with one attached hydrogen (secondary N) is 1. The second-order valence-corrected chi connectivity index (χ2v) is 5.20. The molecule has 0 spiro atoms. The number of rotatable bonds is 5. The van der Waals surface area contributed by atoms with Gasteiger partial charge in [-0.2, -0.15) is 0 Å². The van der Waals surface area contributed by atoms with Crippen LogP contribution in [0.4, 0.5) is 8.78 Å². The summed E-state index contributed by atoms with van der Waals surface area (Å²) in [4.78, 5) is -0.258. The van der Waals surface area contributed by atoms with Gasteiger partial charge in [0.15, 0.2) is 5.76 Å². The summed E-state index contributed by atoms with van der Waals surface area (Å²) in [6.07, 6.45) is 0. The number of sulfonamides is 1. The predicted octanol–water partition coefficient (Wildman–Crippen LogP) is 0.197. The van der Waals surface area contributed by atoms with E-state index in [2.05, 4.69) is 9.68 Å². The van der Waals surface area contributed by atoms with E-state index in [4.69, 9.17) is 5.11 Å². The van der Waals surface area contributed by atoms with Crippen molar-refractivity contribution >= 4 is 10.0 Å². The average molecular weight is 270 g/mol. The Hall–Kier alpha value is -1.06. The molecule has 0 amide bonds. The topological polar surface area (TPSA) is 92.4 Å². The molecule has 0 bridgehead atoms. The molecule has 9 heteroatoms. The minimum Gasteiger partial charge on any atom is -0.390 e. The van der Waals surface area contributed by atoms with Gasteiger partial charge in [-0.1, -0.05) is 5.16 Å². The van der Waals surface area contributed by atoms with Crippen molar-refractivity contribution < 1.29 is 26.8 Å². The second kappa shape index (κ2) is 4.67. The van der Waals surface area contributed by atoms with Crippen molar-refractivity contribution in [1.29, 1.82) is 0 Å². The first-order valence-electron chi connectivity index (χ1n) is 4.61. The molecule has 0 saturated carbocycles. The molecule has 0 aliphatic heterocycles. The van der Waals surface area contributed by atoms with E-state index in [0.717, 1.165) is 0 Å². The summed E-state index contributed by atoms with van der Waals surface area (Å²) in [6.45, 7) is 0.126. The third-order valence-electron chi connectivity index (χ3n) is 1.99. The quantitative estimate of drug-likeness (QED) is 0.797. The van der Waals surface area contributed by atoms with E-state index in [-0.39, 0.29) is 16.3 Å². The van der Waals surface area contributed by atoms with Gasteiger partial charge in [0, 0.05) is 0 Å². The van der Waals surface area contributed by atoms with Crippen LogP contribution in [-0.2, 0) is 10.0 Å². The molecule has 1 aromatic rings. The maximum absolute atomic E-state index is 12.7. The van der Waals surface area contributed by atoms with Crippen LogP contribution in [0.15, 0.2) is 9.42 Å². The Labute approximate surface area is 96.7 Å². The van der Waals surface area contributed by atoms with E-state index in [9.17, 15) is 17.2 Å². The number of nitrogens with zero attached hydrogens (tertiary/aromatic N) is 1. The van der Waals surface area contributed by atoms with E-state index in [1.165, 1.54) is 13.8 Å². The normalized spacial score (nSPS) is 13.0. The van der Waals surface area contributed by atoms with Gasteiger partial charge in [-0.05, 0) is 13.8 Å². The smallest absolute Gasteiger partial charge is 0.283 e. The van der Waals surface area contributed by atoms with E-state index in [1.807, 2.05) is 0 Å². The Balaban J connectivity index is 2.91. The van der Waals surface area contributed by atoms with Crippen molar-refractivity contribution in [1.82, 2.24) is 9.88 Å². The summed E-state index contributed by atoms with van der Waals surface area (Å²) in [7, 11) is -4.12. The number of hydrogen-bond donors (Lipinski definition) is 2. The fraction of sp³-hybridized carbons (Fsp3) is 0.625. The first kappa shape index (κ1) is 14.0. The Morgan fingerprint density at radius 1 is 1.47 bits per heavy atom. The molecule has 1 heterocycles. The zero-order valence-electron chi connectivity index (χ0n) is 9.20. The molecule has 0 atom stereocenters. The zero-order valence-corrected chi connectivity index (χ0v) is 10.0. The third kappa shape index (κ3) is 3.20. The van der Waals surface area contributed by atoms with Gasteiger partial charge in [-0.15, -0.1) is 0 Å². The summed E-state index contributed by atoms with van der Waals surface area (Å²) in [5.41, 5.74) is 0.0855. The molecular formula is C8H12F2N2O4S. The van der Waals surface area contributed by atoms with Crippen LogP contribution in [0, 0.1) is 13.8 Å². The van der Waals surface area contributed by atoms with Gasteiger partial charge in [0.25, 0.3) is 5.92 Å². The van der Waals surface area contributed by atoms with Crippen LogP contribution in [0.5, 0.6) is 0 Å². The predicted molar refractivity (Wildman–Crippen MR) is 53.2 cm³/mol. The largest absolute Gasteiger partial charge is 0.390 e. The Morgan fingerprint density at radius 2 is 2.06 bits per heavy atom. The highest BCUT2D eigenvalue weighted by molar-refractivity contribution is 7.89. The van der Waals surface area contributed by atoms with Gasteiger partial charge in [0.05, 0.1) is 6.54 Å².